The van der Waals surface area contributed by atoms with Gasteiger partial charge in [-0.25, -0.2) is 0 Å². The molecular formula is C10H13F3N4O. The Labute approximate surface area is 102 Å². The molecule has 0 aliphatic rings. The molecule has 18 heavy (non-hydrogen) atoms. The summed E-state index contributed by atoms with van der Waals surface area (Å²) in [6.07, 6.45) is -4.46. The third-order valence-electron chi connectivity index (χ3n) is 2.14. The molecule has 0 saturated heterocycles. The van der Waals surface area contributed by atoms with Gasteiger partial charge < -0.3 is 10.6 Å². The van der Waals surface area contributed by atoms with E-state index < -0.39 is 24.7 Å². The zero-order valence-electron chi connectivity index (χ0n) is 9.90. The van der Waals surface area contributed by atoms with Gasteiger partial charge >= 0.3 is 6.18 Å². The standard InChI is InChI=1S/C10H13F3N4O/c1-6(2)17(5-10(11,12)13)9(18)7-3-4-8(14)16-15-7/h3-4,6H,5H2,1-2H3,(H2,14,16). The summed E-state index contributed by atoms with van der Waals surface area (Å²) in [5.74, 6) is -0.728. The summed E-state index contributed by atoms with van der Waals surface area (Å²) in [6.45, 7) is 1.66. The Balaban J connectivity index is 2.93. The minimum atomic E-state index is -4.46. The Morgan fingerprint density at radius 3 is 2.39 bits per heavy atom. The molecule has 0 unspecified atom stereocenters. The van der Waals surface area contributed by atoms with Crippen molar-refractivity contribution in [2.75, 3.05) is 12.3 Å². The molecule has 0 atom stereocenters. The average molecular weight is 262 g/mol. The van der Waals surface area contributed by atoms with Crippen LogP contribution in [0.15, 0.2) is 12.1 Å². The van der Waals surface area contributed by atoms with Crippen LogP contribution in [0, 0.1) is 0 Å². The Hall–Kier alpha value is -1.86. The third kappa shape index (κ3) is 3.86. The van der Waals surface area contributed by atoms with Gasteiger partial charge in [-0.3, -0.25) is 4.79 Å². The number of aromatic nitrogens is 2. The third-order valence-corrected chi connectivity index (χ3v) is 2.14. The van der Waals surface area contributed by atoms with E-state index in [0.29, 0.717) is 4.90 Å². The first-order valence-corrected chi connectivity index (χ1v) is 5.17. The summed E-state index contributed by atoms with van der Waals surface area (Å²) in [5.41, 5.74) is 5.12. The summed E-state index contributed by atoms with van der Waals surface area (Å²) in [7, 11) is 0. The molecule has 0 aliphatic carbocycles. The van der Waals surface area contributed by atoms with E-state index in [1.807, 2.05) is 0 Å². The molecule has 2 N–H and O–H groups in total. The highest BCUT2D eigenvalue weighted by Crippen LogP contribution is 2.19. The molecule has 0 spiro atoms. The minimum absolute atomic E-state index is 0.0958. The molecule has 0 fully saturated rings. The molecule has 1 amide bonds. The van der Waals surface area contributed by atoms with E-state index in [-0.39, 0.29) is 11.5 Å². The van der Waals surface area contributed by atoms with Crippen molar-refractivity contribution in [1.82, 2.24) is 15.1 Å². The van der Waals surface area contributed by atoms with Crippen LogP contribution in [0.25, 0.3) is 0 Å². The first kappa shape index (κ1) is 14.2. The highest BCUT2D eigenvalue weighted by atomic mass is 19.4. The van der Waals surface area contributed by atoms with Crippen LogP contribution in [0.4, 0.5) is 19.0 Å². The lowest BCUT2D eigenvalue weighted by molar-refractivity contribution is -0.143. The number of nitrogen functional groups attached to an aromatic ring is 1. The van der Waals surface area contributed by atoms with E-state index in [0.717, 1.165) is 0 Å². The quantitative estimate of drug-likeness (QED) is 0.895. The van der Waals surface area contributed by atoms with Crippen molar-refractivity contribution in [1.29, 1.82) is 0 Å². The summed E-state index contributed by atoms with van der Waals surface area (Å²) in [4.78, 5) is 12.5. The van der Waals surface area contributed by atoms with E-state index in [9.17, 15) is 18.0 Å². The van der Waals surface area contributed by atoms with Crippen molar-refractivity contribution >= 4 is 11.7 Å². The fourth-order valence-electron chi connectivity index (χ4n) is 1.29. The molecule has 1 aromatic rings. The molecule has 1 aromatic heterocycles. The number of halogens is 3. The Bertz CT molecular complexity index is 416. The lowest BCUT2D eigenvalue weighted by Gasteiger charge is -2.27. The predicted octanol–water partition coefficient (Wildman–Crippen LogP) is 1.47. The van der Waals surface area contributed by atoms with Crippen LogP contribution in [-0.2, 0) is 0 Å². The average Bonchev–Trinajstić information content (AvgIpc) is 2.24. The van der Waals surface area contributed by atoms with E-state index in [1.165, 1.54) is 26.0 Å². The van der Waals surface area contributed by atoms with Crippen LogP contribution in [0.5, 0.6) is 0 Å². The summed E-state index contributed by atoms with van der Waals surface area (Å²) >= 11 is 0. The predicted molar refractivity (Wildman–Crippen MR) is 58.7 cm³/mol. The fourth-order valence-corrected chi connectivity index (χ4v) is 1.29. The van der Waals surface area contributed by atoms with E-state index >= 15 is 0 Å². The second-order valence-corrected chi connectivity index (χ2v) is 3.99. The van der Waals surface area contributed by atoms with Gasteiger partial charge in [-0.2, -0.15) is 13.2 Å². The lowest BCUT2D eigenvalue weighted by atomic mass is 10.2. The molecule has 0 aliphatic heterocycles. The molecule has 1 heterocycles. The molecule has 0 bridgehead atoms. The number of nitrogens with two attached hydrogens (primary N) is 1. The highest BCUT2D eigenvalue weighted by Gasteiger charge is 2.35. The van der Waals surface area contributed by atoms with Gasteiger partial charge in [0.05, 0.1) is 0 Å². The van der Waals surface area contributed by atoms with E-state index in [2.05, 4.69) is 10.2 Å². The first-order valence-electron chi connectivity index (χ1n) is 5.17. The van der Waals surface area contributed by atoms with Gasteiger partial charge in [-0.1, -0.05) is 0 Å². The zero-order valence-corrected chi connectivity index (χ0v) is 9.90. The largest absolute Gasteiger partial charge is 0.406 e. The minimum Gasteiger partial charge on any atom is -0.382 e. The molecule has 8 heteroatoms. The number of amides is 1. The van der Waals surface area contributed by atoms with Crippen molar-refractivity contribution in [3.63, 3.8) is 0 Å². The number of alkyl halides is 3. The van der Waals surface area contributed by atoms with Crippen molar-refractivity contribution in [3.05, 3.63) is 17.8 Å². The maximum absolute atomic E-state index is 12.4. The summed E-state index contributed by atoms with van der Waals surface area (Å²) in [6, 6.07) is 1.96. The zero-order chi connectivity index (χ0) is 13.9. The van der Waals surface area contributed by atoms with Crippen LogP contribution < -0.4 is 5.73 Å². The number of anilines is 1. The highest BCUT2D eigenvalue weighted by molar-refractivity contribution is 5.92. The Kier molecular flexibility index (Phi) is 4.10. The van der Waals surface area contributed by atoms with Crippen LogP contribution in [0.1, 0.15) is 24.3 Å². The van der Waals surface area contributed by atoms with Gasteiger partial charge in [-0.05, 0) is 26.0 Å². The monoisotopic (exact) mass is 262 g/mol. The number of nitrogens with zero attached hydrogens (tertiary/aromatic N) is 3. The molecular weight excluding hydrogens is 249 g/mol. The molecule has 0 saturated carbocycles. The van der Waals surface area contributed by atoms with Crippen LogP contribution in [0.3, 0.4) is 0 Å². The van der Waals surface area contributed by atoms with Gasteiger partial charge in [0, 0.05) is 6.04 Å². The maximum Gasteiger partial charge on any atom is 0.406 e. The van der Waals surface area contributed by atoms with Crippen LogP contribution in [-0.4, -0.2) is 39.8 Å². The van der Waals surface area contributed by atoms with Gasteiger partial charge in [0.25, 0.3) is 5.91 Å². The number of hydrogen-bond acceptors (Lipinski definition) is 4. The smallest absolute Gasteiger partial charge is 0.382 e. The second-order valence-electron chi connectivity index (χ2n) is 3.99. The molecule has 5 nitrogen and oxygen atoms in total. The van der Waals surface area contributed by atoms with Crippen molar-refractivity contribution in [3.8, 4) is 0 Å². The molecule has 1 rings (SSSR count). The number of hydrogen-bond donors (Lipinski definition) is 1. The van der Waals surface area contributed by atoms with Crippen molar-refractivity contribution < 1.29 is 18.0 Å². The number of rotatable bonds is 3. The normalized spacial score (nSPS) is 11.7. The Morgan fingerprint density at radius 1 is 1.39 bits per heavy atom. The number of carbonyl (C=O) groups excluding carboxylic acids is 1. The van der Waals surface area contributed by atoms with Gasteiger partial charge in [0.15, 0.2) is 5.69 Å². The SMILES string of the molecule is CC(C)N(CC(F)(F)F)C(=O)c1ccc(N)nn1. The van der Waals surface area contributed by atoms with Crippen molar-refractivity contribution in [2.24, 2.45) is 0 Å². The topological polar surface area (TPSA) is 72.1 Å². The van der Waals surface area contributed by atoms with Crippen LogP contribution in [0.2, 0.25) is 0 Å². The molecule has 0 radical (unpaired) electrons. The van der Waals surface area contributed by atoms with Gasteiger partial charge in [0.1, 0.15) is 12.4 Å². The van der Waals surface area contributed by atoms with Crippen LogP contribution >= 0.6 is 0 Å². The summed E-state index contributed by atoms with van der Waals surface area (Å²) in [5, 5.41) is 6.92. The van der Waals surface area contributed by atoms with Gasteiger partial charge in [-0.15, -0.1) is 10.2 Å². The Morgan fingerprint density at radius 2 is 2.00 bits per heavy atom. The lowest BCUT2D eigenvalue weighted by Crippen LogP contribution is -2.43. The second kappa shape index (κ2) is 5.19. The molecule has 100 valence electrons. The fraction of sp³-hybridized carbons (Fsp3) is 0.500. The molecule has 0 aromatic carbocycles. The first-order chi connectivity index (χ1) is 8.20. The maximum atomic E-state index is 12.4. The summed E-state index contributed by atoms with van der Waals surface area (Å²) < 4.78 is 37.1. The van der Waals surface area contributed by atoms with Crippen molar-refractivity contribution in [2.45, 2.75) is 26.1 Å². The number of carbonyl (C=O) groups is 1. The van der Waals surface area contributed by atoms with Gasteiger partial charge in [0.2, 0.25) is 0 Å². The van der Waals surface area contributed by atoms with E-state index in [4.69, 9.17) is 5.73 Å². The van der Waals surface area contributed by atoms with E-state index in [1.54, 1.807) is 0 Å².